The number of aromatic nitrogens is 3. The van der Waals surface area contributed by atoms with E-state index < -0.39 is 16.2 Å². The summed E-state index contributed by atoms with van der Waals surface area (Å²) in [6, 6.07) is 0.791. The van der Waals surface area contributed by atoms with E-state index in [-0.39, 0.29) is 52.1 Å². The lowest BCUT2D eigenvalue weighted by atomic mass is 9.70. The molecule has 0 aromatic carbocycles. The van der Waals surface area contributed by atoms with Gasteiger partial charge in [-0.15, -0.1) is 0 Å². The van der Waals surface area contributed by atoms with Crippen molar-refractivity contribution in [1.82, 2.24) is 29.7 Å². The highest BCUT2D eigenvalue weighted by molar-refractivity contribution is 5.84. The fourth-order valence-electron chi connectivity index (χ4n) is 14.5. The Balaban J connectivity index is 1.32. The molecular weight excluding hydrogens is 823 g/mol. The van der Waals surface area contributed by atoms with Gasteiger partial charge in [0.2, 0.25) is 35.6 Å². The van der Waals surface area contributed by atoms with Gasteiger partial charge >= 0.3 is 0 Å². The Kier molecular flexibility index (Phi) is 15.1. The van der Waals surface area contributed by atoms with Gasteiger partial charge in [0, 0.05) is 93.3 Å². The molecule has 0 spiro atoms. The van der Waals surface area contributed by atoms with Crippen molar-refractivity contribution in [3.05, 3.63) is 0 Å². The number of anilines is 3. The zero-order chi connectivity index (χ0) is 47.9. The van der Waals surface area contributed by atoms with Crippen LogP contribution in [0.3, 0.4) is 0 Å². The van der Waals surface area contributed by atoms with Gasteiger partial charge in [-0.2, -0.15) is 15.0 Å². The zero-order valence-electron chi connectivity index (χ0n) is 44.1. The molecule has 3 aliphatic carbocycles. The second-order valence-electron chi connectivity index (χ2n) is 26.5. The maximum absolute atomic E-state index is 14.1. The first-order valence-corrected chi connectivity index (χ1v) is 26.8. The van der Waals surface area contributed by atoms with E-state index in [1.54, 1.807) is 0 Å². The van der Waals surface area contributed by atoms with Crippen molar-refractivity contribution in [3.63, 3.8) is 0 Å². The average Bonchev–Trinajstić information content (AvgIpc) is 3.23. The first-order valence-electron chi connectivity index (χ1n) is 26.8. The van der Waals surface area contributed by atoms with E-state index in [1.165, 1.54) is 57.8 Å². The summed E-state index contributed by atoms with van der Waals surface area (Å²) < 4.78 is 0. The second-order valence-corrected chi connectivity index (χ2v) is 26.5. The fraction of sp³-hybridized carbons (Fsp3) is 0.889. The van der Waals surface area contributed by atoms with Crippen LogP contribution in [0.4, 0.5) is 17.8 Å². The standard InChI is InChI=1S/C54H93N9O3/c1-49(2)34-52(7,8)43(64)58(37-49)28-31-61(40-22-16-13-17-23-40)46-55-47(62(41-24-18-14-19-25-41)32-29-59-38-50(3,4)35-53(9,10)44(59)65)57-48(56-46)63(42-26-20-15-21-27-42)33-30-60-39-51(5,6)36-54(11,12)45(60)66/h40-42H,13-39H2,1-12H3. The number of carbonyl (C=O) groups excluding carboxylic acids is 3. The number of rotatable bonds is 15. The lowest BCUT2D eigenvalue weighted by Gasteiger charge is -2.47. The number of likely N-dealkylation sites (tertiary alicyclic amines) is 3. The van der Waals surface area contributed by atoms with Gasteiger partial charge in [0.15, 0.2) is 0 Å². The molecule has 3 aliphatic heterocycles. The minimum Gasteiger partial charge on any atom is -0.340 e. The molecule has 4 heterocycles. The largest absolute Gasteiger partial charge is 0.340 e. The summed E-state index contributed by atoms with van der Waals surface area (Å²) in [5, 5.41) is 0. The maximum atomic E-state index is 14.1. The highest BCUT2D eigenvalue weighted by atomic mass is 16.2. The van der Waals surface area contributed by atoms with Crippen LogP contribution in [-0.2, 0) is 14.4 Å². The highest BCUT2D eigenvalue weighted by Crippen LogP contribution is 2.44. The van der Waals surface area contributed by atoms with Crippen LogP contribution in [0.25, 0.3) is 0 Å². The van der Waals surface area contributed by atoms with Crippen molar-refractivity contribution in [3.8, 4) is 0 Å². The molecule has 0 N–H and O–H groups in total. The monoisotopic (exact) mass is 916 g/mol. The third-order valence-corrected chi connectivity index (χ3v) is 16.5. The molecule has 0 radical (unpaired) electrons. The molecule has 66 heavy (non-hydrogen) atoms. The molecule has 12 heteroatoms. The molecule has 1 aromatic rings. The molecule has 372 valence electrons. The number of hydrogen-bond acceptors (Lipinski definition) is 9. The van der Waals surface area contributed by atoms with E-state index in [0.717, 1.165) is 95.3 Å². The van der Waals surface area contributed by atoms with Gasteiger partial charge in [-0.25, -0.2) is 0 Å². The number of nitrogens with zero attached hydrogens (tertiary/aromatic N) is 9. The molecule has 3 amide bonds. The van der Waals surface area contributed by atoms with Crippen molar-refractivity contribution < 1.29 is 14.4 Å². The number of piperidine rings is 3. The summed E-state index contributed by atoms with van der Waals surface area (Å²) in [6.45, 7) is 32.6. The number of amides is 3. The summed E-state index contributed by atoms with van der Waals surface area (Å²) in [4.78, 5) is 73.0. The Morgan fingerprint density at radius 1 is 0.394 bits per heavy atom. The smallest absolute Gasteiger partial charge is 0.232 e. The van der Waals surface area contributed by atoms with Crippen LogP contribution < -0.4 is 14.7 Å². The van der Waals surface area contributed by atoms with Gasteiger partial charge in [-0.3, -0.25) is 14.4 Å². The van der Waals surface area contributed by atoms with E-state index in [0.29, 0.717) is 39.3 Å². The third-order valence-electron chi connectivity index (χ3n) is 16.5. The van der Waals surface area contributed by atoms with Crippen LogP contribution in [0.5, 0.6) is 0 Å². The Morgan fingerprint density at radius 3 is 0.848 bits per heavy atom. The quantitative estimate of drug-likeness (QED) is 0.170. The summed E-state index contributed by atoms with van der Waals surface area (Å²) in [5.74, 6) is 2.89. The molecule has 3 saturated heterocycles. The summed E-state index contributed by atoms with van der Waals surface area (Å²) in [7, 11) is 0. The minimum atomic E-state index is -0.410. The van der Waals surface area contributed by atoms with E-state index in [4.69, 9.17) is 15.0 Å². The van der Waals surface area contributed by atoms with Gasteiger partial charge in [-0.1, -0.05) is 141 Å². The lowest BCUT2D eigenvalue weighted by molar-refractivity contribution is -0.150. The fourth-order valence-corrected chi connectivity index (χ4v) is 14.5. The van der Waals surface area contributed by atoms with E-state index >= 15 is 0 Å². The molecule has 1 aromatic heterocycles. The first-order chi connectivity index (χ1) is 30.9. The molecule has 7 rings (SSSR count). The van der Waals surface area contributed by atoms with E-state index in [1.807, 2.05) is 0 Å². The van der Waals surface area contributed by atoms with Gasteiger partial charge in [0.1, 0.15) is 0 Å². The van der Waals surface area contributed by atoms with Gasteiger partial charge in [0.25, 0.3) is 0 Å². The van der Waals surface area contributed by atoms with Gasteiger partial charge in [0.05, 0.1) is 0 Å². The van der Waals surface area contributed by atoms with Crippen LogP contribution in [0.15, 0.2) is 0 Å². The van der Waals surface area contributed by atoms with Gasteiger partial charge in [-0.05, 0) is 74.0 Å². The first kappa shape index (κ1) is 50.7. The molecule has 6 aliphatic rings. The van der Waals surface area contributed by atoms with E-state index in [2.05, 4.69) is 112 Å². The normalized spacial score (nSPS) is 25.8. The molecule has 3 saturated carbocycles. The van der Waals surface area contributed by atoms with Crippen LogP contribution in [0, 0.1) is 32.5 Å². The topological polar surface area (TPSA) is 109 Å². The zero-order valence-corrected chi connectivity index (χ0v) is 44.1. The predicted octanol–water partition coefficient (Wildman–Crippen LogP) is 10.1. The van der Waals surface area contributed by atoms with Crippen LogP contribution >= 0.6 is 0 Å². The highest BCUT2D eigenvalue weighted by Gasteiger charge is 2.47. The SMILES string of the molecule is CC1(C)CN(CCN(c2nc(N(CCN3CC(C)(C)CC(C)(C)C3=O)C3CCCCC3)nc(N(CCN3CC(C)(C)CC(C)(C)C3=O)C3CCCCC3)n2)C2CCCCC2)C(=O)C(C)(C)C1. The molecule has 0 bridgehead atoms. The number of hydrogen-bond donors (Lipinski definition) is 0. The Morgan fingerprint density at radius 2 is 0.621 bits per heavy atom. The average molecular weight is 916 g/mol. The summed E-state index contributed by atoms with van der Waals surface area (Å²) >= 11 is 0. The minimum absolute atomic E-state index is 0.0297. The van der Waals surface area contributed by atoms with Crippen LogP contribution in [0.1, 0.15) is 199 Å². The summed E-state index contributed by atoms with van der Waals surface area (Å²) in [5.41, 5.74) is -1.14. The second kappa shape index (κ2) is 19.7. The van der Waals surface area contributed by atoms with Crippen LogP contribution in [-0.4, -0.2) is 124 Å². The Labute approximate surface area is 401 Å². The lowest BCUT2D eigenvalue weighted by Crippen LogP contribution is -2.55. The van der Waals surface area contributed by atoms with Crippen molar-refractivity contribution >= 4 is 35.6 Å². The summed E-state index contributed by atoms with van der Waals surface area (Å²) in [6.07, 6.45) is 19.8. The van der Waals surface area contributed by atoms with Crippen molar-refractivity contribution in [1.29, 1.82) is 0 Å². The number of carbonyl (C=O) groups is 3. The maximum Gasteiger partial charge on any atom is 0.232 e. The Hall–Kier alpha value is -3.18. The third kappa shape index (κ3) is 12.0. The van der Waals surface area contributed by atoms with Crippen molar-refractivity contribution in [2.24, 2.45) is 32.5 Å². The van der Waals surface area contributed by atoms with E-state index in [9.17, 15) is 14.4 Å². The molecule has 6 fully saturated rings. The van der Waals surface area contributed by atoms with Crippen molar-refractivity contribution in [2.75, 3.05) is 73.6 Å². The molecule has 12 nitrogen and oxygen atoms in total. The van der Waals surface area contributed by atoms with Gasteiger partial charge < -0.3 is 29.4 Å². The molecule has 0 unspecified atom stereocenters. The Bertz CT molecular complexity index is 1630. The van der Waals surface area contributed by atoms with Crippen molar-refractivity contribution in [2.45, 2.75) is 217 Å². The van der Waals surface area contributed by atoms with Crippen LogP contribution in [0.2, 0.25) is 0 Å². The molecular formula is C54H93N9O3. The molecule has 0 atom stereocenters. The predicted molar refractivity (Wildman–Crippen MR) is 269 cm³/mol.